The Hall–Kier alpha value is -1.62. The van der Waals surface area contributed by atoms with Gasteiger partial charge in [-0.2, -0.15) is 0 Å². The third kappa shape index (κ3) is 7.62. The van der Waals surface area contributed by atoms with E-state index >= 15 is 0 Å². The van der Waals surface area contributed by atoms with Gasteiger partial charge in [0.1, 0.15) is 13.2 Å². The zero-order valence-electron chi connectivity index (χ0n) is 10.8. The highest BCUT2D eigenvalue weighted by Crippen LogP contribution is 2.04. The molecule has 0 aliphatic rings. The molecule has 1 N–H and O–H groups in total. The number of carbonyl (C=O) groups excluding carboxylic acids is 2. The summed E-state index contributed by atoms with van der Waals surface area (Å²) in [7, 11) is 0. The molecular weight excluding hydrogens is 236 g/mol. The maximum absolute atomic E-state index is 11.4. The van der Waals surface area contributed by atoms with Crippen LogP contribution in [0.5, 0.6) is 0 Å². The third-order valence-corrected chi connectivity index (χ3v) is 2.22. The molecule has 0 aromatic heterocycles. The average Bonchev–Trinajstić information content (AvgIpc) is 2.39. The molecule has 0 saturated heterocycles. The lowest BCUT2D eigenvalue weighted by atomic mass is 10.1. The van der Waals surface area contributed by atoms with Gasteiger partial charge in [0.15, 0.2) is 0 Å². The molecule has 0 aromatic rings. The van der Waals surface area contributed by atoms with E-state index < -0.39 is 18.0 Å². The zero-order valence-corrected chi connectivity index (χ0v) is 10.8. The van der Waals surface area contributed by atoms with E-state index in [9.17, 15) is 14.7 Å². The first kappa shape index (κ1) is 16.4. The molecule has 0 aliphatic carbocycles. The van der Waals surface area contributed by atoms with Crippen LogP contribution in [0.2, 0.25) is 0 Å². The number of aliphatic hydroxyl groups excluding tert-OH is 1. The Morgan fingerprint density at radius 1 is 1.33 bits per heavy atom. The highest BCUT2D eigenvalue weighted by molar-refractivity contribution is 5.87. The molecule has 0 heterocycles. The van der Waals surface area contributed by atoms with Gasteiger partial charge < -0.3 is 14.6 Å². The average molecular weight is 256 g/mol. The fraction of sp³-hybridized carbons (Fsp3) is 0.538. The molecule has 0 fully saturated rings. The minimum absolute atomic E-state index is 0.0000747. The number of ether oxygens (including phenoxy) is 2. The van der Waals surface area contributed by atoms with E-state index in [-0.39, 0.29) is 13.2 Å². The van der Waals surface area contributed by atoms with Crippen molar-refractivity contribution in [2.45, 2.75) is 32.8 Å². The van der Waals surface area contributed by atoms with Gasteiger partial charge in [-0.15, -0.1) is 0 Å². The summed E-state index contributed by atoms with van der Waals surface area (Å²) in [6.07, 6.45) is 3.28. The molecule has 0 aliphatic heterocycles. The van der Waals surface area contributed by atoms with E-state index in [4.69, 9.17) is 4.74 Å². The van der Waals surface area contributed by atoms with Crippen LogP contribution in [0.1, 0.15) is 26.7 Å². The second-order valence-electron chi connectivity index (χ2n) is 3.69. The number of esters is 2. The number of hydrogen-bond donors (Lipinski definition) is 1. The van der Waals surface area contributed by atoms with Crippen LogP contribution in [0.15, 0.2) is 24.3 Å². The summed E-state index contributed by atoms with van der Waals surface area (Å²) >= 11 is 0. The third-order valence-electron chi connectivity index (χ3n) is 2.22. The molecule has 102 valence electrons. The molecule has 18 heavy (non-hydrogen) atoms. The fourth-order valence-corrected chi connectivity index (χ4v) is 1.01. The second kappa shape index (κ2) is 9.41. The van der Waals surface area contributed by atoms with Crippen LogP contribution in [0, 0.1) is 0 Å². The molecule has 0 amide bonds. The van der Waals surface area contributed by atoms with E-state index in [0.717, 1.165) is 6.08 Å². The lowest BCUT2D eigenvalue weighted by molar-refractivity contribution is -0.146. The van der Waals surface area contributed by atoms with E-state index in [1.807, 2.05) is 6.92 Å². The molecule has 0 rings (SSSR count). The van der Waals surface area contributed by atoms with Crippen LogP contribution >= 0.6 is 0 Å². The molecule has 0 spiro atoms. The summed E-state index contributed by atoms with van der Waals surface area (Å²) in [6.45, 7) is 6.71. The largest absolute Gasteiger partial charge is 0.459 e. The van der Waals surface area contributed by atoms with Crippen molar-refractivity contribution < 1.29 is 24.2 Å². The first-order valence-corrected chi connectivity index (χ1v) is 5.82. The van der Waals surface area contributed by atoms with Crippen molar-refractivity contribution in [1.82, 2.24) is 0 Å². The SMILES string of the molecule is C=CC(=O)OCCOC(=O)C(C)=CCC(O)CC. The maximum Gasteiger partial charge on any atom is 0.333 e. The lowest BCUT2D eigenvalue weighted by Crippen LogP contribution is -2.13. The summed E-state index contributed by atoms with van der Waals surface area (Å²) in [5.41, 5.74) is 0.428. The van der Waals surface area contributed by atoms with Gasteiger partial charge in [-0.3, -0.25) is 0 Å². The number of rotatable bonds is 8. The van der Waals surface area contributed by atoms with Gasteiger partial charge in [-0.1, -0.05) is 19.6 Å². The number of carbonyl (C=O) groups is 2. The number of hydrogen-bond acceptors (Lipinski definition) is 5. The molecule has 5 nitrogen and oxygen atoms in total. The van der Waals surface area contributed by atoms with Crippen LogP contribution in [0.3, 0.4) is 0 Å². The quantitative estimate of drug-likeness (QED) is 0.403. The Kier molecular flexibility index (Phi) is 8.57. The van der Waals surface area contributed by atoms with Crippen molar-refractivity contribution in [1.29, 1.82) is 0 Å². The normalized spacial score (nSPS) is 12.7. The molecule has 1 unspecified atom stereocenters. The van der Waals surface area contributed by atoms with Crippen LogP contribution in [-0.4, -0.2) is 36.4 Å². The topological polar surface area (TPSA) is 72.8 Å². The Morgan fingerprint density at radius 3 is 2.50 bits per heavy atom. The van der Waals surface area contributed by atoms with Crippen molar-refractivity contribution in [2.75, 3.05) is 13.2 Å². The smallest absolute Gasteiger partial charge is 0.333 e. The Balaban J connectivity index is 3.87. The first-order valence-electron chi connectivity index (χ1n) is 5.82. The van der Waals surface area contributed by atoms with Gasteiger partial charge in [-0.05, 0) is 19.8 Å². The molecular formula is C13H20O5. The van der Waals surface area contributed by atoms with Crippen LogP contribution in [0.25, 0.3) is 0 Å². The van der Waals surface area contributed by atoms with Crippen molar-refractivity contribution in [3.05, 3.63) is 24.3 Å². The Morgan fingerprint density at radius 2 is 1.94 bits per heavy atom. The highest BCUT2D eigenvalue weighted by Gasteiger charge is 2.07. The summed E-state index contributed by atoms with van der Waals surface area (Å²) < 4.78 is 9.51. The second-order valence-corrected chi connectivity index (χ2v) is 3.69. The van der Waals surface area contributed by atoms with Gasteiger partial charge in [0.25, 0.3) is 0 Å². The van der Waals surface area contributed by atoms with Crippen LogP contribution in [0.4, 0.5) is 0 Å². The molecule has 5 heteroatoms. The molecule has 0 bridgehead atoms. The standard InChI is InChI=1S/C13H20O5/c1-4-11(14)7-6-10(3)13(16)18-9-8-17-12(15)5-2/h5-6,11,14H,2,4,7-9H2,1,3H3. The number of aliphatic hydroxyl groups is 1. The van der Waals surface area contributed by atoms with Gasteiger partial charge in [0.05, 0.1) is 6.10 Å². The van der Waals surface area contributed by atoms with Crippen LogP contribution < -0.4 is 0 Å². The van der Waals surface area contributed by atoms with Crippen molar-refractivity contribution in [2.24, 2.45) is 0 Å². The highest BCUT2D eigenvalue weighted by atomic mass is 16.6. The molecule has 0 aromatic carbocycles. The molecule has 1 atom stereocenters. The fourth-order valence-electron chi connectivity index (χ4n) is 1.01. The van der Waals surface area contributed by atoms with Crippen LogP contribution in [-0.2, 0) is 19.1 Å². The molecule has 0 saturated carbocycles. The predicted molar refractivity (Wildman–Crippen MR) is 66.8 cm³/mol. The Labute approximate surface area is 107 Å². The minimum Gasteiger partial charge on any atom is -0.459 e. The summed E-state index contributed by atoms with van der Waals surface area (Å²) in [6, 6.07) is 0. The summed E-state index contributed by atoms with van der Waals surface area (Å²) in [4.78, 5) is 22.1. The van der Waals surface area contributed by atoms with E-state index in [2.05, 4.69) is 11.3 Å². The van der Waals surface area contributed by atoms with E-state index in [0.29, 0.717) is 18.4 Å². The van der Waals surface area contributed by atoms with Crippen molar-refractivity contribution in [3.8, 4) is 0 Å². The Bertz CT molecular complexity index is 319. The van der Waals surface area contributed by atoms with Gasteiger partial charge >= 0.3 is 11.9 Å². The summed E-state index contributed by atoms with van der Waals surface area (Å²) in [5.74, 6) is -1.03. The molecule has 0 radical (unpaired) electrons. The monoisotopic (exact) mass is 256 g/mol. The lowest BCUT2D eigenvalue weighted by Gasteiger charge is -2.06. The van der Waals surface area contributed by atoms with Crippen molar-refractivity contribution >= 4 is 11.9 Å². The maximum atomic E-state index is 11.4. The first-order chi connectivity index (χ1) is 8.51. The van der Waals surface area contributed by atoms with E-state index in [1.165, 1.54) is 0 Å². The minimum atomic E-state index is -0.551. The van der Waals surface area contributed by atoms with Crippen molar-refractivity contribution in [3.63, 3.8) is 0 Å². The van der Waals surface area contributed by atoms with Gasteiger partial charge in [-0.25, -0.2) is 9.59 Å². The zero-order chi connectivity index (χ0) is 14.0. The van der Waals surface area contributed by atoms with Gasteiger partial charge in [0, 0.05) is 11.6 Å². The predicted octanol–water partition coefficient (Wildman–Crippen LogP) is 1.37. The summed E-state index contributed by atoms with van der Waals surface area (Å²) in [5, 5.41) is 9.33. The van der Waals surface area contributed by atoms with E-state index in [1.54, 1.807) is 13.0 Å². The van der Waals surface area contributed by atoms with Gasteiger partial charge in [0.2, 0.25) is 0 Å².